The fraction of sp³-hybridized carbons (Fsp3) is 0.100. The van der Waals surface area contributed by atoms with E-state index < -0.39 is 0 Å². The van der Waals surface area contributed by atoms with Gasteiger partial charge in [0.05, 0.1) is 11.3 Å². The third-order valence-electron chi connectivity index (χ3n) is 6.14. The number of amides is 1. The van der Waals surface area contributed by atoms with Crippen LogP contribution in [0.1, 0.15) is 22.3 Å². The first-order chi connectivity index (χ1) is 17.5. The number of nitrogen functional groups attached to an aromatic ring is 1. The van der Waals surface area contributed by atoms with Gasteiger partial charge in [0.1, 0.15) is 0 Å². The zero-order chi connectivity index (χ0) is 25.1. The Morgan fingerprint density at radius 3 is 2.19 bits per heavy atom. The Hall–Kier alpha value is -4.06. The van der Waals surface area contributed by atoms with Crippen LogP contribution in [-0.4, -0.2) is 17.9 Å². The van der Waals surface area contributed by atoms with E-state index in [1.807, 2.05) is 66.7 Å². The molecule has 4 N–H and O–H groups in total. The van der Waals surface area contributed by atoms with Crippen molar-refractivity contribution in [2.75, 3.05) is 23.4 Å². The monoisotopic (exact) mass is 494 g/mol. The van der Waals surface area contributed by atoms with Crippen molar-refractivity contribution in [3.63, 3.8) is 0 Å². The highest BCUT2D eigenvalue weighted by Gasteiger charge is 2.28. The van der Waals surface area contributed by atoms with Crippen molar-refractivity contribution in [3.8, 4) is 0 Å². The van der Waals surface area contributed by atoms with E-state index in [0.29, 0.717) is 11.3 Å². The van der Waals surface area contributed by atoms with E-state index in [9.17, 15) is 4.79 Å². The maximum atomic E-state index is 13.0. The average molecular weight is 495 g/mol. The fourth-order valence-electron chi connectivity index (χ4n) is 4.42. The largest absolute Gasteiger partial charge is 0.399 e. The predicted octanol–water partition coefficient (Wildman–Crippen LogP) is 6.49. The molecule has 0 atom stereocenters. The van der Waals surface area contributed by atoms with E-state index in [2.05, 4.69) is 46.8 Å². The van der Waals surface area contributed by atoms with Gasteiger partial charge in [-0.25, -0.2) is 0 Å². The summed E-state index contributed by atoms with van der Waals surface area (Å²) in [6.45, 7) is 1.64. The minimum Gasteiger partial charge on any atom is -0.399 e. The fourth-order valence-corrected chi connectivity index (χ4v) is 4.55. The van der Waals surface area contributed by atoms with E-state index >= 15 is 0 Å². The van der Waals surface area contributed by atoms with Crippen molar-refractivity contribution in [1.82, 2.24) is 4.90 Å². The van der Waals surface area contributed by atoms with Crippen LogP contribution in [0.2, 0.25) is 5.02 Å². The summed E-state index contributed by atoms with van der Waals surface area (Å²) >= 11 is 6.00. The van der Waals surface area contributed by atoms with Crippen molar-refractivity contribution in [2.45, 2.75) is 13.1 Å². The molecule has 0 fully saturated rings. The van der Waals surface area contributed by atoms with Crippen molar-refractivity contribution in [1.29, 1.82) is 0 Å². The first-order valence-corrected chi connectivity index (χ1v) is 12.1. The van der Waals surface area contributed by atoms with Gasteiger partial charge in [0.15, 0.2) is 0 Å². The van der Waals surface area contributed by atoms with E-state index in [-0.39, 0.29) is 5.91 Å². The van der Waals surface area contributed by atoms with Crippen LogP contribution in [0.25, 0.3) is 11.3 Å². The number of anilines is 3. The Kier molecular flexibility index (Phi) is 6.76. The standard InChI is InChI=1S/C30H27ClN4O/c1-35(18-20-7-11-23(31)12-8-20)19-21-9-14-25(15-10-21)33-29(22-5-3-2-4-6-22)28-26-17-24(32)13-16-27(26)34-30(28)36/h2-17,33H,18-19,32H2,1H3,(H,34,36)/b29-28-. The second-order valence-electron chi connectivity index (χ2n) is 9.00. The Morgan fingerprint density at radius 2 is 1.53 bits per heavy atom. The van der Waals surface area contributed by atoms with E-state index in [0.717, 1.165) is 46.3 Å². The van der Waals surface area contributed by atoms with Crippen LogP contribution in [0.15, 0.2) is 97.1 Å². The molecule has 1 heterocycles. The Morgan fingerprint density at radius 1 is 0.889 bits per heavy atom. The number of halogens is 1. The molecule has 0 aliphatic carbocycles. The van der Waals surface area contributed by atoms with Crippen molar-refractivity contribution in [2.24, 2.45) is 0 Å². The number of fused-ring (bicyclic) bond motifs is 1. The summed E-state index contributed by atoms with van der Waals surface area (Å²) in [4.78, 5) is 15.3. The van der Waals surface area contributed by atoms with E-state index in [4.69, 9.17) is 17.3 Å². The summed E-state index contributed by atoms with van der Waals surface area (Å²) in [6, 6.07) is 31.6. The molecule has 36 heavy (non-hydrogen) atoms. The third kappa shape index (κ3) is 5.28. The molecule has 1 aliphatic rings. The number of nitrogens with zero attached hydrogens (tertiary/aromatic N) is 1. The number of carbonyl (C=O) groups is 1. The van der Waals surface area contributed by atoms with Gasteiger partial charge in [-0.05, 0) is 66.2 Å². The number of hydrogen-bond donors (Lipinski definition) is 3. The molecule has 6 heteroatoms. The van der Waals surface area contributed by atoms with Crippen LogP contribution in [0, 0.1) is 0 Å². The maximum absolute atomic E-state index is 13.0. The first kappa shape index (κ1) is 23.7. The highest BCUT2D eigenvalue weighted by Crippen LogP contribution is 2.38. The van der Waals surface area contributed by atoms with Crippen LogP contribution in [0.4, 0.5) is 17.1 Å². The molecule has 5 nitrogen and oxygen atoms in total. The lowest BCUT2D eigenvalue weighted by atomic mass is 9.99. The summed E-state index contributed by atoms with van der Waals surface area (Å²) in [5.41, 5.74) is 13.8. The van der Waals surface area contributed by atoms with Gasteiger partial charge < -0.3 is 16.4 Å². The Bertz CT molecular complexity index is 1410. The van der Waals surface area contributed by atoms with Crippen LogP contribution in [0.3, 0.4) is 0 Å². The number of nitrogens with two attached hydrogens (primary N) is 1. The smallest absolute Gasteiger partial charge is 0.258 e. The van der Waals surface area contributed by atoms with Crippen LogP contribution < -0.4 is 16.4 Å². The molecule has 4 aromatic carbocycles. The molecule has 5 rings (SSSR count). The lowest BCUT2D eigenvalue weighted by Gasteiger charge is -2.18. The molecule has 4 aromatic rings. The van der Waals surface area contributed by atoms with Crippen LogP contribution in [0.5, 0.6) is 0 Å². The summed E-state index contributed by atoms with van der Waals surface area (Å²) in [5, 5.41) is 7.21. The summed E-state index contributed by atoms with van der Waals surface area (Å²) in [6.07, 6.45) is 0. The molecule has 0 unspecified atom stereocenters. The maximum Gasteiger partial charge on any atom is 0.258 e. The molecule has 0 saturated heterocycles. The van der Waals surface area contributed by atoms with Crippen molar-refractivity contribution in [3.05, 3.63) is 124 Å². The van der Waals surface area contributed by atoms with Crippen LogP contribution >= 0.6 is 11.6 Å². The Balaban J connectivity index is 1.39. The topological polar surface area (TPSA) is 70.4 Å². The normalized spacial score (nSPS) is 13.9. The van der Waals surface area contributed by atoms with Crippen molar-refractivity contribution >= 4 is 45.8 Å². The van der Waals surface area contributed by atoms with E-state index in [1.54, 1.807) is 6.07 Å². The molecule has 180 valence electrons. The summed E-state index contributed by atoms with van der Waals surface area (Å²) in [7, 11) is 2.10. The highest BCUT2D eigenvalue weighted by molar-refractivity contribution is 6.37. The molecule has 0 radical (unpaired) electrons. The van der Waals surface area contributed by atoms with Gasteiger partial charge in [0.2, 0.25) is 0 Å². The minimum absolute atomic E-state index is 0.151. The van der Waals surface area contributed by atoms with Gasteiger partial charge in [-0.3, -0.25) is 9.69 Å². The first-order valence-electron chi connectivity index (χ1n) is 11.8. The van der Waals surface area contributed by atoms with Gasteiger partial charge in [-0.1, -0.05) is 66.2 Å². The molecule has 1 aliphatic heterocycles. The highest BCUT2D eigenvalue weighted by atomic mass is 35.5. The van der Waals surface area contributed by atoms with Gasteiger partial charge in [-0.2, -0.15) is 0 Å². The summed E-state index contributed by atoms with van der Waals surface area (Å²) < 4.78 is 0. The molecule has 0 aromatic heterocycles. The second kappa shape index (κ2) is 10.3. The number of nitrogens with one attached hydrogen (secondary N) is 2. The van der Waals surface area contributed by atoms with Gasteiger partial charge >= 0.3 is 0 Å². The lowest BCUT2D eigenvalue weighted by Crippen LogP contribution is -2.17. The van der Waals surface area contributed by atoms with E-state index in [1.165, 1.54) is 11.1 Å². The predicted molar refractivity (Wildman–Crippen MR) is 149 cm³/mol. The third-order valence-corrected chi connectivity index (χ3v) is 6.39. The number of hydrogen-bond acceptors (Lipinski definition) is 4. The zero-order valence-electron chi connectivity index (χ0n) is 20.0. The molecule has 0 bridgehead atoms. The van der Waals surface area contributed by atoms with Crippen molar-refractivity contribution < 1.29 is 4.79 Å². The molecule has 0 saturated carbocycles. The minimum atomic E-state index is -0.151. The second-order valence-corrected chi connectivity index (χ2v) is 9.43. The number of carbonyl (C=O) groups excluding carboxylic acids is 1. The molecular weight excluding hydrogens is 468 g/mol. The zero-order valence-corrected chi connectivity index (χ0v) is 20.7. The average Bonchev–Trinajstić information content (AvgIpc) is 3.20. The number of rotatable bonds is 7. The van der Waals surface area contributed by atoms with Gasteiger partial charge in [0, 0.05) is 40.7 Å². The number of benzene rings is 4. The quantitative estimate of drug-likeness (QED) is 0.203. The van der Waals surface area contributed by atoms with Gasteiger partial charge in [-0.15, -0.1) is 0 Å². The van der Waals surface area contributed by atoms with Gasteiger partial charge in [0.25, 0.3) is 5.91 Å². The lowest BCUT2D eigenvalue weighted by molar-refractivity contribution is -0.110. The summed E-state index contributed by atoms with van der Waals surface area (Å²) in [5.74, 6) is -0.151. The molecule has 1 amide bonds. The molecular formula is C30H27ClN4O. The Labute approximate surface area is 216 Å². The van der Waals surface area contributed by atoms with Crippen LogP contribution in [-0.2, 0) is 17.9 Å². The SMILES string of the molecule is CN(Cc1ccc(Cl)cc1)Cc1ccc(N/C(=C2\C(=O)Nc3ccc(N)cc32)c2ccccc2)cc1. The molecule has 0 spiro atoms.